The van der Waals surface area contributed by atoms with Crippen LogP contribution >= 0.6 is 0 Å². The molecule has 144 valence electrons. The summed E-state index contributed by atoms with van der Waals surface area (Å²) < 4.78 is 5.51. The number of aryl methyl sites for hydroxylation is 1. The number of anilines is 3. The van der Waals surface area contributed by atoms with Crippen molar-refractivity contribution in [1.82, 2.24) is 4.98 Å². The SMILES string of the molecule is Cc1ccc(OCC(=O)Nc2ccc(Nc3cccc4cccnc34)cc2)cc1. The number of para-hydroxylation sites is 1. The van der Waals surface area contributed by atoms with Crippen molar-refractivity contribution in [2.24, 2.45) is 0 Å². The van der Waals surface area contributed by atoms with Gasteiger partial charge in [0.25, 0.3) is 5.91 Å². The molecule has 1 aromatic heterocycles. The summed E-state index contributed by atoms with van der Waals surface area (Å²) in [5, 5.41) is 7.30. The van der Waals surface area contributed by atoms with E-state index < -0.39 is 0 Å². The third-order valence-corrected chi connectivity index (χ3v) is 4.47. The number of aromatic nitrogens is 1. The van der Waals surface area contributed by atoms with Gasteiger partial charge in [-0.2, -0.15) is 0 Å². The van der Waals surface area contributed by atoms with E-state index in [9.17, 15) is 4.79 Å². The van der Waals surface area contributed by atoms with Crippen LogP contribution in [-0.2, 0) is 4.79 Å². The minimum atomic E-state index is -0.204. The molecule has 0 bridgehead atoms. The summed E-state index contributed by atoms with van der Waals surface area (Å²) >= 11 is 0. The molecule has 5 nitrogen and oxygen atoms in total. The lowest BCUT2D eigenvalue weighted by molar-refractivity contribution is -0.118. The van der Waals surface area contributed by atoms with Gasteiger partial charge in [-0.3, -0.25) is 9.78 Å². The Bertz CT molecular complexity index is 1120. The van der Waals surface area contributed by atoms with Crippen LogP contribution in [0.4, 0.5) is 17.1 Å². The van der Waals surface area contributed by atoms with Gasteiger partial charge in [0.2, 0.25) is 0 Å². The number of rotatable bonds is 6. The first kappa shape index (κ1) is 18.5. The van der Waals surface area contributed by atoms with Crippen LogP contribution in [0.3, 0.4) is 0 Å². The predicted octanol–water partition coefficient (Wildman–Crippen LogP) is 5.30. The number of amides is 1. The standard InChI is InChI=1S/C24H21N3O2/c1-17-7-13-21(14-8-17)29-16-23(28)27-20-11-9-19(10-12-20)26-22-6-2-4-18-5-3-15-25-24(18)22/h2-15,26H,16H2,1H3,(H,27,28). The Balaban J connectivity index is 1.36. The van der Waals surface area contributed by atoms with Crippen molar-refractivity contribution in [3.63, 3.8) is 0 Å². The fraction of sp³-hybridized carbons (Fsp3) is 0.0833. The predicted molar refractivity (Wildman–Crippen MR) is 117 cm³/mol. The Kier molecular flexibility index (Phi) is 5.38. The first-order valence-corrected chi connectivity index (χ1v) is 9.37. The molecular weight excluding hydrogens is 362 g/mol. The molecule has 0 radical (unpaired) electrons. The lowest BCUT2D eigenvalue weighted by atomic mass is 10.2. The first-order chi connectivity index (χ1) is 14.2. The fourth-order valence-electron chi connectivity index (χ4n) is 2.98. The molecule has 0 aliphatic heterocycles. The van der Waals surface area contributed by atoms with Crippen molar-refractivity contribution in [2.45, 2.75) is 6.92 Å². The zero-order chi connectivity index (χ0) is 20.1. The fourth-order valence-corrected chi connectivity index (χ4v) is 2.98. The smallest absolute Gasteiger partial charge is 0.262 e. The maximum absolute atomic E-state index is 12.1. The molecule has 0 aliphatic carbocycles. The lowest BCUT2D eigenvalue weighted by Gasteiger charge is -2.11. The molecule has 2 N–H and O–H groups in total. The maximum atomic E-state index is 12.1. The Hall–Kier alpha value is -3.86. The highest BCUT2D eigenvalue weighted by molar-refractivity contribution is 5.93. The van der Waals surface area contributed by atoms with Gasteiger partial charge < -0.3 is 15.4 Å². The molecule has 29 heavy (non-hydrogen) atoms. The number of carbonyl (C=O) groups excluding carboxylic acids is 1. The van der Waals surface area contributed by atoms with E-state index in [0.29, 0.717) is 11.4 Å². The molecule has 0 atom stereocenters. The molecule has 0 unspecified atom stereocenters. The summed E-state index contributed by atoms with van der Waals surface area (Å²) in [5.74, 6) is 0.471. The second-order valence-electron chi connectivity index (χ2n) is 6.73. The van der Waals surface area contributed by atoms with Crippen LogP contribution in [0.1, 0.15) is 5.56 Å². The highest BCUT2D eigenvalue weighted by Gasteiger charge is 2.05. The molecule has 4 aromatic rings. The topological polar surface area (TPSA) is 63.2 Å². The number of benzene rings is 3. The van der Waals surface area contributed by atoms with Gasteiger partial charge in [0, 0.05) is 23.0 Å². The Labute approximate surface area is 169 Å². The van der Waals surface area contributed by atoms with E-state index in [0.717, 1.165) is 27.8 Å². The number of hydrogen-bond acceptors (Lipinski definition) is 4. The Morgan fingerprint density at radius 3 is 2.41 bits per heavy atom. The zero-order valence-corrected chi connectivity index (χ0v) is 16.1. The summed E-state index contributed by atoms with van der Waals surface area (Å²) in [6.45, 7) is 1.97. The minimum absolute atomic E-state index is 0.0370. The van der Waals surface area contributed by atoms with Gasteiger partial charge in [-0.15, -0.1) is 0 Å². The average molecular weight is 383 g/mol. The Morgan fingerprint density at radius 2 is 1.62 bits per heavy atom. The largest absolute Gasteiger partial charge is 0.484 e. The van der Waals surface area contributed by atoms with Gasteiger partial charge in [0.1, 0.15) is 5.75 Å². The number of ether oxygens (including phenoxy) is 1. The molecule has 0 fully saturated rings. The van der Waals surface area contributed by atoms with Crippen molar-refractivity contribution in [2.75, 3.05) is 17.2 Å². The summed E-state index contributed by atoms with van der Waals surface area (Å²) in [6.07, 6.45) is 1.78. The molecule has 1 heterocycles. The average Bonchev–Trinajstić information content (AvgIpc) is 2.75. The van der Waals surface area contributed by atoms with Gasteiger partial charge in [-0.1, -0.05) is 35.9 Å². The molecule has 1 amide bonds. The normalized spacial score (nSPS) is 10.5. The maximum Gasteiger partial charge on any atom is 0.262 e. The van der Waals surface area contributed by atoms with Crippen LogP contribution in [0, 0.1) is 6.92 Å². The van der Waals surface area contributed by atoms with Crippen molar-refractivity contribution in [1.29, 1.82) is 0 Å². The quantitative estimate of drug-likeness (QED) is 0.474. The van der Waals surface area contributed by atoms with Crippen molar-refractivity contribution in [3.8, 4) is 5.75 Å². The van der Waals surface area contributed by atoms with E-state index in [4.69, 9.17) is 4.74 Å². The van der Waals surface area contributed by atoms with Crippen molar-refractivity contribution in [3.05, 3.63) is 90.6 Å². The van der Waals surface area contributed by atoms with Crippen molar-refractivity contribution < 1.29 is 9.53 Å². The summed E-state index contributed by atoms with van der Waals surface area (Å²) in [7, 11) is 0. The van der Waals surface area contributed by atoms with E-state index in [-0.39, 0.29) is 12.5 Å². The van der Waals surface area contributed by atoms with Crippen LogP contribution in [0.2, 0.25) is 0 Å². The molecule has 3 aromatic carbocycles. The Morgan fingerprint density at radius 1 is 0.897 bits per heavy atom. The summed E-state index contributed by atoms with van der Waals surface area (Å²) in [5.41, 5.74) is 4.63. The van der Waals surface area contributed by atoms with Crippen LogP contribution in [-0.4, -0.2) is 17.5 Å². The number of nitrogens with one attached hydrogen (secondary N) is 2. The number of hydrogen-bond donors (Lipinski definition) is 2. The number of carbonyl (C=O) groups is 1. The molecule has 0 saturated heterocycles. The van der Waals surface area contributed by atoms with Crippen molar-refractivity contribution >= 4 is 33.9 Å². The summed E-state index contributed by atoms with van der Waals surface area (Å²) in [6, 6.07) is 25.1. The first-order valence-electron chi connectivity index (χ1n) is 9.37. The molecular formula is C24H21N3O2. The van der Waals surface area contributed by atoms with E-state index in [1.807, 2.05) is 85.8 Å². The number of nitrogens with zero attached hydrogens (tertiary/aromatic N) is 1. The van der Waals surface area contributed by atoms with Gasteiger partial charge in [-0.05, 0) is 55.5 Å². The summed E-state index contributed by atoms with van der Waals surface area (Å²) in [4.78, 5) is 16.6. The molecule has 0 saturated carbocycles. The highest BCUT2D eigenvalue weighted by Crippen LogP contribution is 2.25. The van der Waals surface area contributed by atoms with E-state index in [1.165, 1.54) is 0 Å². The van der Waals surface area contributed by atoms with E-state index in [1.54, 1.807) is 6.20 Å². The van der Waals surface area contributed by atoms with Crippen LogP contribution in [0.5, 0.6) is 5.75 Å². The molecule has 0 spiro atoms. The number of pyridine rings is 1. The van der Waals surface area contributed by atoms with Crippen LogP contribution in [0.25, 0.3) is 10.9 Å². The second-order valence-corrected chi connectivity index (χ2v) is 6.73. The third kappa shape index (κ3) is 4.71. The van der Waals surface area contributed by atoms with E-state index >= 15 is 0 Å². The van der Waals surface area contributed by atoms with Gasteiger partial charge in [-0.25, -0.2) is 0 Å². The second kappa shape index (κ2) is 8.44. The van der Waals surface area contributed by atoms with Gasteiger partial charge >= 0.3 is 0 Å². The third-order valence-electron chi connectivity index (χ3n) is 4.47. The van der Waals surface area contributed by atoms with Crippen LogP contribution < -0.4 is 15.4 Å². The van der Waals surface area contributed by atoms with Gasteiger partial charge in [0.05, 0.1) is 11.2 Å². The zero-order valence-electron chi connectivity index (χ0n) is 16.1. The van der Waals surface area contributed by atoms with Gasteiger partial charge in [0.15, 0.2) is 6.61 Å². The van der Waals surface area contributed by atoms with E-state index in [2.05, 4.69) is 15.6 Å². The monoisotopic (exact) mass is 383 g/mol. The lowest BCUT2D eigenvalue weighted by Crippen LogP contribution is -2.20. The molecule has 5 heteroatoms. The molecule has 0 aliphatic rings. The molecule has 4 rings (SSSR count). The highest BCUT2D eigenvalue weighted by atomic mass is 16.5. The number of fused-ring (bicyclic) bond motifs is 1. The van der Waals surface area contributed by atoms with Crippen LogP contribution in [0.15, 0.2) is 85.1 Å². The minimum Gasteiger partial charge on any atom is -0.484 e.